The van der Waals surface area contributed by atoms with Gasteiger partial charge in [-0.3, -0.25) is 4.79 Å². The molecule has 0 bridgehead atoms. The molecule has 1 amide bonds. The van der Waals surface area contributed by atoms with Gasteiger partial charge >= 0.3 is 5.97 Å². The SMILES string of the molecule is CCN(CC)S(=O)(=O)c1ccc(N2CCOCC2)c(NC(=O)C[C@@H]2OC(=O)c3ccccc32)c1. The molecule has 2 aromatic carbocycles. The van der Waals surface area contributed by atoms with E-state index in [9.17, 15) is 18.0 Å². The molecule has 2 aliphatic rings. The van der Waals surface area contributed by atoms with Gasteiger partial charge in [0.15, 0.2) is 0 Å². The first-order valence-corrected chi connectivity index (χ1v) is 12.9. The van der Waals surface area contributed by atoms with Crippen LogP contribution in [0, 0.1) is 0 Å². The van der Waals surface area contributed by atoms with Crippen LogP contribution in [-0.2, 0) is 24.3 Å². The Balaban J connectivity index is 1.62. The molecular weight excluding hydrogens is 458 g/mol. The van der Waals surface area contributed by atoms with Gasteiger partial charge in [-0.15, -0.1) is 0 Å². The van der Waals surface area contributed by atoms with E-state index in [0.29, 0.717) is 56.2 Å². The van der Waals surface area contributed by atoms with Crippen molar-refractivity contribution in [3.63, 3.8) is 0 Å². The summed E-state index contributed by atoms with van der Waals surface area (Å²) in [4.78, 5) is 27.3. The Labute approximate surface area is 199 Å². The van der Waals surface area contributed by atoms with E-state index in [1.807, 2.05) is 0 Å². The number of morpholine rings is 1. The van der Waals surface area contributed by atoms with Crippen molar-refractivity contribution in [3.05, 3.63) is 53.6 Å². The summed E-state index contributed by atoms with van der Waals surface area (Å²) < 4.78 is 38.4. The Morgan fingerprint density at radius 1 is 1.12 bits per heavy atom. The molecule has 1 N–H and O–H groups in total. The highest BCUT2D eigenvalue weighted by molar-refractivity contribution is 7.89. The van der Waals surface area contributed by atoms with Crippen molar-refractivity contribution in [2.45, 2.75) is 31.3 Å². The zero-order valence-electron chi connectivity index (χ0n) is 19.3. The molecular formula is C24H29N3O6S. The fourth-order valence-corrected chi connectivity index (χ4v) is 5.79. The lowest BCUT2D eigenvalue weighted by molar-refractivity contribution is -0.118. The van der Waals surface area contributed by atoms with Crippen molar-refractivity contribution in [1.82, 2.24) is 4.31 Å². The first kappa shape index (κ1) is 24.2. The predicted molar refractivity (Wildman–Crippen MR) is 127 cm³/mol. The van der Waals surface area contributed by atoms with Crippen LogP contribution in [0.3, 0.4) is 0 Å². The van der Waals surface area contributed by atoms with Crippen LogP contribution in [0.2, 0.25) is 0 Å². The van der Waals surface area contributed by atoms with Gasteiger partial charge in [-0.2, -0.15) is 4.31 Å². The molecule has 0 radical (unpaired) electrons. The monoisotopic (exact) mass is 487 g/mol. The molecule has 0 aliphatic carbocycles. The molecule has 1 fully saturated rings. The number of rotatable bonds is 8. The van der Waals surface area contributed by atoms with E-state index < -0.39 is 22.1 Å². The summed E-state index contributed by atoms with van der Waals surface area (Å²) in [6.45, 7) is 6.59. The fraction of sp³-hybridized carbons (Fsp3) is 0.417. The fourth-order valence-electron chi connectivity index (χ4n) is 4.31. The Hall–Kier alpha value is -2.95. The second kappa shape index (κ2) is 10.1. The number of hydrogen-bond donors (Lipinski definition) is 1. The number of cyclic esters (lactones) is 1. The van der Waals surface area contributed by atoms with Gasteiger partial charge in [0.05, 0.1) is 41.5 Å². The number of amides is 1. The van der Waals surface area contributed by atoms with E-state index in [-0.39, 0.29) is 17.2 Å². The molecule has 1 saturated heterocycles. The van der Waals surface area contributed by atoms with Gasteiger partial charge in [0.25, 0.3) is 0 Å². The van der Waals surface area contributed by atoms with Crippen LogP contribution in [0.15, 0.2) is 47.4 Å². The lowest BCUT2D eigenvalue weighted by Gasteiger charge is -2.31. The Morgan fingerprint density at radius 2 is 1.82 bits per heavy atom. The van der Waals surface area contributed by atoms with Crippen molar-refractivity contribution in [2.75, 3.05) is 49.6 Å². The van der Waals surface area contributed by atoms with Gasteiger partial charge in [-0.1, -0.05) is 32.0 Å². The van der Waals surface area contributed by atoms with Gasteiger partial charge in [0, 0.05) is 31.7 Å². The van der Waals surface area contributed by atoms with Gasteiger partial charge in [-0.05, 0) is 24.3 Å². The van der Waals surface area contributed by atoms with Gasteiger partial charge in [0.1, 0.15) is 6.10 Å². The lowest BCUT2D eigenvalue weighted by Crippen LogP contribution is -2.37. The predicted octanol–water partition coefficient (Wildman–Crippen LogP) is 2.79. The number of esters is 1. The number of anilines is 2. The lowest BCUT2D eigenvalue weighted by atomic mass is 10.0. The van der Waals surface area contributed by atoms with Crippen molar-refractivity contribution >= 4 is 33.3 Å². The van der Waals surface area contributed by atoms with Crippen molar-refractivity contribution in [3.8, 4) is 0 Å². The molecule has 2 heterocycles. The van der Waals surface area contributed by atoms with Gasteiger partial charge < -0.3 is 19.7 Å². The first-order valence-electron chi connectivity index (χ1n) is 11.4. The van der Waals surface area contributed by atoms with E-state index in [1.165, 1.54) is 10.4 Å². The maximum absolute atomic E-state index is 13.1. The number of carbonyl (C=O) groups excluding carboxylic acids is 2. The number of carbonyl (C=O) groups is 2. The molecule has 9 nitrogen and oxygen atoms in total. The summed E-state index contributed by atoms with van der Waals surface area (Å²) in [5, 5.41) is 2.87. The van der Waals surface area contributed by atoms with Crippen LogP contribution in [0.25, 0.3) is 0 Å². The number of benzene rings is 2. The van der Waals surface area contributed by atoms with Crippen LogP contribution in [0.5, 0.6) is 0 Å². The van der Waals surface area contributed by atoms with E-state index >= 15 is 0 Å². The summed E-state index contributed by atoms with van der Waals surface area (Å²) in [6, 6.07) is 11.8. The molecule has 4 rings (SSSR count). The maximum atomic E-state index is 13.1. The summed E-state index contributed by atoms with van der Waals surface area (Å²) in [5.41, 5.74) is 2.26. The number of nitrogens with zero attached hydrogens (tertiary/aromatic N) is 2. The van der Waals surface area contributed by atoms with Gasteiger partial charge in [0.2, 0.25) is 15.9 Å². The van der Waals surface area contributed by atoms with Crippen LogP contribution in [0.1, 0.15) is 42.3 Å². The normalized spacial score (nSPS) is 18.0. The van der Waals surface area contributed by atoms with Gasteiger partial charge in [-0.25, -0.2) is 13.2 Å². The topological polar surface area (TPSA) is 105 Å². The quantitative estimate of drug-likeness (QED) is 0.571. The van der Waals surface area contributed by atoms with Crippen molar-refractivity contribution in [1.29, 1.82) is 0 Å². The number of hydrogen-bond acceptors (Lipinski definition) is 7. The average Bonchev–Trinajstić information content (AvgIpc) is 3.15. The number of sulfonamides is 1. The highest BCUT2D eigenvalue weighted by Gasteiger charge is 2.32. The maximum Gasteiger partial charge on any atom is 0.339 e. The van der Waals surface area contributed by atoms with Crippen LogP contribution >= 0.6 is 0 Å². The average molecular weight is 488 g/mol. The summed E-state index contributed by atoms with van der Waals surface area (Å²) in [6.07, 6.45) is -0.753. The third-order valence-corrected chi connectivity index (χ3v) is 8.13. The summed E-state index contributed by atoms with van der Waals surface area (Å²) in [7, 11) is -3.71. The zero-order valence-corrected chi connectivity index (χ0v) is 20.1. The third kappa shape index (κ3) is 4.79. The first-order chi connectivity index (χ1) is 16.3. The molecule has 1 atom stereocenters. The molecule has 2 aliphatic heterocycles. The minimum atomic E-state index is -3.71. The van der Waals surface area contributed by atoms with Crippen molar-refractivity contribution < 1.29 is 27.5 Å². The van der Waals surface area contributed by atoms with E-state index in [1.54, 1.807) is 50.2 Å². The zero-order chi connectivity index (χ0) is 24.3. The van der Waals surface area contributed by atoms with Crippen molar-refractivity contribution in [2.24, 2.45) is 0 Å². The standard InChI is InChI=1S/C24H29N3O6S/c1-3-27(4-2)34(30,31)17-9-10-21(26-11-13-32-14-12-26)20(15-17)25-23(28)16-22-18-7-5-6-8-19(18)24(29)33-22/h5-10,15,22H,3-4,11-14,16H2,1-2H3,(H,25,28)/t22-/m0/s1. The molecule has 0 unspecified atom stereocenters. The molecule has 182 valence electrons. The second-order valence-corrected chi connectivity index (χ2v) is 10.0. The third-order valence-electron chi connectivity index (χ3n) is 6.08. The smallest absolute Gasteiger partial charge is 0.339 e. The number of nitrogens with one attached hydrogen (secondary N) is 1. The van der Waals surface area contributed by atoms with E-state index in [2.05, 4.69) is 10.2 Å². The molecule has 0 spiro atoms. The molecule has 0 saturated carbocycles. The summed E-state index contributed by atoms with van der Waals surface area (Å²) in [5.74, 6) is -0.823. The van der Waals surface area contributed by atoms with Crippen LogP contribution < -0.4 is 10.2 Å². The van der Waals surface area contributed by atoms with E-state index in [4.69, 9.17) is 9.47 Å². The van der Waals surface area contributed by atoms with Crippen LogP contribution in [-0.4, -0.2) is 64.0 Å². The molecule has 34 heavy (non-hydrogen) atoms. The molecule has 2 aromatic rings. The Kier molecular flexibility index (Phi) is 7.20. The largest absolute Gasteiger partial charge is 0.453 e. The minimum absolute atomic E-state index is 0.0711. The highest BCUT2D eigenvalue weighted by Crippen LogP contribution is 2.35. The Morgan fingerprint density at radius 3 is 2.53 bits per heavy atom. The highest BCUT2D eigenvalue weighted by atomic mass is 32.2. The summed E-state index contributed by atoms with van der Waals surface area (Å²) >= 11 is 0. The minimum Gasteiger partial charge on any atom is -0.453 e. The number of ether oxygens (including phenoxy) is 2. The Bertz CT molecular complexity index is 1170. The number of fused-ring (bicyclic) bond motifs is 1. The van der Waals surface area contributed by atoms with Crippen LogP contribution in [0.4, 0.5) is 11.4 Å². The molecule has 10 heteroatoms. The van der Waals surface area contributed by atoms with E-state index in [0.717, 1.165) is 5.69 Å². The second-order valence-electron chi connectivity index (χ2n) is 8.10. The molecule has 0 aromatic heterocycles.